The molecule has 1 atom stereocenters. The highest BCUT2D eigenvalue weighted by Gasteiger charge is 2.19. The summed E-state index contributed by atoms with van der Waals surface area (Å²) in [6, 6.07) is 21.1. The normalized spacial score (nSPS) is 11.9. The van der Waals surface area contributed by atoms with Crippen LogP contribution in [0.1, 0.15) is 35.6 Å². The van der Waals surface area contributed by atoms with Gasteiger partial charge in [-0.05, 0) is 49.7 Å². The van der Waals surface area contributed by atoms with Gasteiger partial charge in [0.05, 0.1) is 29.2 Å². The van der Waals surface area contributed by atoms with Crippen molar-refractivity contribution in [2.24, 2.45) is 0 Å². The number of aryl methyl sites for hydroxylation is 1. The van der Waals surface area contributed by atoms with Gasteiger partial charge < -0.3 is 14.6 Å². The van der Waals surface area contributed by atoms with Crippen LogP contribution in [0.4, 0.5) is 0 Å². The fourth-order valence-electron chi connectivity index (χ4n) is 3.43. The third-order valence-corrected chi connectivity index (χ3v) is 4.88. The fraction of sp³-hybridized carbons (Fsp3) is 0.208. The Balaban J connectivity index is 1.49. The Morgan fingerprint density at radius 1 is 1.07 bits per heavy atom. The fourth-order valence-corrected chi connectivity index (χ4v) is 3.43. The van der Waals surface area contributed by atoms with Gasteiger partial charge in [-0.2, -0.15) is 0 Å². The van der Waals surface area contributed by atoms with Crippen LogP contribution in [-0.4, -0.2) is 27.0 Å². The van der Waals surface area contributed by atoms with Crippen LogP contribution >= 0.6 is 0 Å². The average molecular weight is 400 g/mol. The number of amides is 1. The van der Waals surface area contributed by atoms with Gasteiger partial charge >= 0.3 is 0 Å². The Bertz CT molecular complexity index is 1110. The van der Waals surface area contributed by atoms with E-state index in [1.165, 1.54) is 0 Å². The Morgan fingerprint density at radius 2 is 1.87 bits per heavy atom. The summed E-state index contributed by atoms with van der Waals surface area (Å²) in [6.45, 7) is 3.30. The summed E-state index contributed by atoms with van der Waals surface area (Å²) < 4.78 is 7.99. The number of imidazole rings is 1. The molecule has 0 fully saturated rings. The number of nitrogens with zero attached hydrogens (tertiary/aromatic N) is 3. The molecular formula is C24H24N4O2. The summed E-state index contributed by atoms with van der Waals surface area (Å²) in [6.07, 6.45) is 4.04. The highest BCUT2D eigenvalue weighted by Crippen LogP contribution is 2.22. The Labute approximate surface area is 175 Å². The van der Waals surface area contributed by atoms with Crippen LogP contribution in [0.25, 0.3) is 11.0 Å². The molecule has 152 valence electrons. The maximum absolute atomic E-state index is 12.6. The molecule has 1 amide bonds. The largest absolute Gasteiger partial charge is 0.494 e. The topological polar surface area (TPSA) is 69.0 Å². The predicted molar refractivity (Wildman–Crippen MR) is 116 cm³/mol. The average Bonchev–Trinajstić information content (AvgIpc) is 3.17. The SMILES string of the molecule is CC(NC(=O)c1cccnc1)c1nc2ccccc2n1CCCOc1ccccc1. The van der Waals surface area contributed by atoms with E-state index in [1.807, 2.05) is 55.5 Å². The van der Waals surface area contributed by atoms with Gasteiger partial charge in [0, 0.05) is 18.9 Å². The summed E-state index contributed by atoms with van der Waals surface area (Å²) in [5.74, 6) is 1.53. The molecule has 6 nitrogen and oxygen atoms in total. The first kappa shape index (κ1) is 19.6. The minimum absolute atomic E-state index is 0.165. The number of pyridine rings is 1. The van der Waals surface area contributed by atoms with Crippen LogP contribution in [0.3, 0.4) is 0 Å². The van der Waals surface area contributed by atoms with Gasteiger partial charge in [0.1, 0.15) is 11.6 Å². The highest BCUT2D eigenvalue weighted by molar-refractivity contribution is 5.94. The van der Waals surface area contributed by atoms with Gasteiger partial charge in [0.15, 0.2) is 0 Å². The van der Waals surface area contributed by atoms with Gasteiger partial charge in [0.25, 0.3) is 5.91 Å². The van der Waals surface area contributed by atoms with E-state index in [0.29, 0.717) is 12.2 Å². The molecule has 2 aromatic carbocycles. The molecule has 0 aliphatic carbocycles. The molecule has 4 rings (SSSR count). The first-order valence-electron chi connectivity index (χ1n) is 10.1. The lowest BCUT2D eigenvalue weighted by Gasteiger charge is -2.16. The van der Waals surface area contributed by atoms with E-state index >= 15 is 0 Å². The molecule has 30 heavy (non-hydrogen) atoms. The van der Waals surface area contributed by atoms with E-state index in [9.17, 15) is 4.79 Å². The molecule has 0 bridgehead atoms. The van der Waals surface area contributed by atoms with E-state index in [4.69, 9.17) is 9.72 Å². The van der Waals surface area contributed by atoms with Crippen molar-refractivity contribution in [3.8, 4) is 5.75 Å². The smallest absolute Gasteiger partial charge is 0.253 e. The highest BCUT2D eigenvalue weighted by atomic mass is 16.5. The molecule has 0 aliphatic rings. The second-order valence-electron chi connectivity index (χ2n) is 7.06. The van der Waals surface area contributed by atoms with E-state index < -0.39 is 0 Å². The van der Waals surface area contributed by atoms with Crippen molar-refractivity contribution in [1.82, 2.24) is 19.9 Å². The summed E-state index contributed by atoms with van der Waals surface area (Å²) in [5, 5.41) is 3.04. The number of ether oxygens (including phenoxy) is 1. The second-order valence-corrected chi connectivity index (χ2v) is 7.06. The van der Waals surface area contributed by atoms with Crippen LogP contribution in [-0.2, 0) is 6.54 Å². The number of nitrogens with one attached hydrogen (secondary N) is 1. The zero-order valence-corrected chi connectivity index (χ0v) is 16.9. The first-order chi connectivity index (χ1) is 14.7. The van der Waals surface area contributed by atoms with Crippen molar-refractivity contribution in [2.45, 2.75) is 25.9 Å². The van der Waals surface area contributed by atoms with Crippen molar-refractivity contribution < 1.29 is 9.53 Å². The quantitative estimate of drug-likeness (QED) is 0.445. The third-order valence-electron chi connectivity index (χ3n) is 4.88. The number of hydrogen-bond acceptors (Lipinski definition) is 4. The van der Waals surface area contributed by atoms with E-state index in [-0.39, 0.29) is 11.9 Å². The maximum Gasteiger partial charge on any atom is 0.253 e. The van der Waals surface area contributed by atoms with Crippen molar-refractivity contribution in [3.63, 3.8) is 0 Å². The van der Waals surface area contributed by atoms with Crippen LogP contribution in [0, 0.1) is 0 Å². The number of carbonyl (C=O) groups excluding carboxylic acids is 1. The summed E-state index contributed by atoms with van der Waals surface area (Å²) in [4.78, 5) is 21.4. The zero-order valence-electron chi connectivity index (χ0n) is 16.9. The Morgan fingerprint density at radius 3 is 2.67 bits per heavy atom. The van der Waals surface area contributed by atoms with Crippen LogP contribution in [0.5, 0.6) is 5.75 Å². The number of aromatic nitrogens is 3. The Hall–Kier alpha value is -3.67. The maximum atomic E-state index is 12.6. The molecule has 0 aliphatic heterocycles. The summed E-state index contributed by atoms with van der Waals surface area (Å²) in [5.41, 5.74) is 2.50. The number of carbonyl (C=O) groups is 1. The lowest BCUT2D eigenvalue weighted by molar-refractivity contribution is 0.0937. The van der Waals surface area contributed by atoms with Crippen LogP contribution in [0.2, 0.25) is 0 Å². The van der Waals surface area contributed by atoms with E-state index in [2.05, 4.69) is 20.9 Å². The van der Waals surface area contributed by atoms with Crippen molar-refractivity contribution in [3.05, 3.63) is 90.5 Å². The monoisotopic (exact) mass is 400 g/mol. The lowest BCUT2D eigenvalue weighted by atomic mass is 10.2. The molecular weight excluding hydrogens is 376 g/mol. The molecule has 0 spiro atoms. The van der Waals surface area contributed by atoms with Gasteiger partial charge in [0.2, 0.25) is 0 Å². The van der Waals surface area contributed by atoms with Gasteiger partial charge in [-0.25, -0.2) is 4.98 Å². The lowest BCUT2D eigenvalue weighted by Crippen LogP contribution is -2.29. The molecule has 4 aromatic rings. The number of benzene rings is 2. The molecule has 1 N–H and O–H groups in total. The second kappa shape index (κ2) is 9.22. The number of hydrogen-bond donors (Lipinski definition) is 1. The van der Waals surface area contributed by atoms with Crippen LogP contribution in [0.15, 0.2) is 79.1 Å². The standard InChI is InChI=1S/C24H24N4O2/c1-18(26-24(29)19-9-7-14-25-17-19)23-27-21-12-5-6-13-22(21)28(23)15-8-16-30-20-10-3-2-4-11-20/h2-7,9-14,17-18H,8,15-16H2,1H3,(H,26,29). The van der Waals surface area contributed by atoms with Crippen LogP contribution < -0.4 is 10.1 Å². The molecule has 0 radical (unpaired) electrons. The third kappa shape index (κ3) is 4.49. The Kier molecular flexibility index (Phi) is 6.03. The minimum atomic E-state index is -0.250. The molecule has 2 heterocycles. The summed E-state index contributed by atoms with van der Waals surface area (Å²) >= 11 is 0. The molecule has 2 aromatic heterocycles. The zero-order chi connectivity index (χ0) is 20.8. The van der Waals surface area contributed by atoms with E-state index in [1.54, 1.807) is 24.5 Å². The molecule has 0 saturated heterocycles. The number of rotatable bonds is 8. The van der Waals surface area contributed by atoms with Gasteiger partial charge in [-0.3, -0.25) is 9.78 Å². The minimum Gasteiger partial charge on any atom is -0.494 e. The van der Waals surface area contributed by atoms with Gasteiger partial charge in [-0.15, -0.1) is 0 Å². The van der Waals surface area contributed by atoms with Crippen molar-refractivity contribution in [2.75, 3.05) is 6.61 Å². The van der Waals surface area contributed by atoms with Crippen molar-refractivity contribution >= 4 is 16.9 Å². The summed E-state index contributed by atoms with van der Waals surface area (Å²) in [7, 11) is 0. The molecule has 0 saturated carbocycles. The van der Waals surface area contributed by atoms with Crippen molar-refractivity contribution in [1.29, 1.82) is 0 Å². The number of para-hydroxylation sites is 3. The van der Waals surface area contributed by atoms with E-state index in [0.717, 1.165) is 35.6 Å². The van der Waals surface area contributed by atoms with Gasteiger partial charge in [-0.1, -0.05) is 30.3 Å². The first-order valence-corrected chi connectivity index (χ1v) is 10.1. The molecule has 1 unspecified atom stereocenters. The number of fused-ring (bicyclic) bond motifs is 1. The molecule has 6 heteroatoms. The predicted octanol–water partition coefficient (Wildman–Crippen LogP) is 4.39.